The van der Waals surface area contributed by atoms with E-state index in [2.05, 4.69) is 17.1 Å². The molecule has 1 saturated heterocycles. The molecule has 0 saturated carbocycles. The van der Waals surface area contributed by atoms with E-state index in [1.165, 1.54) is 6.07 Å². The Morgan fingerprint density at radius 2 is 2.10 bits per heavy atom. The minimum atomic E-state index is -0.261. The third kappa shape index (κ3) is 3.55. The average Bonchev–Trinajstić information content (AvgIpc) is 2.38. The van der Waals surface area contributed by atoms with Gasteiger partial charge >= 0.3 is 0 Å². The van der Waals surface area contributed by atoms with Gasteiger partial charge in [0, 0.05) is 38.3 Å². The predicted octanol–water partition coefficient (Wildman–Crippen LogP) is 1.08. The number of nitrogens with one attached hydrogen (secondary N) is 1. The van der Waals surface area contributed by atoms with Gasteiger partial charge in [-0.05, 0) is 12.6 Å². The van der Waals surface area contributed by atoms with E-state index in [4.69, 9.17) is 0 Å². The molecule has 110 valence electrons. The molecule has 1 fully saturated rings. The summed E-state index contributed by atoms with van der Waals surface area (Å²) < 4.78 is 13.6. The fraction of sp³-hybridized carbons (Fsp3) is 0.533. The smallest absolute Gasteiger partial charge is 0.236 e. The second-order valence-corrected chi connectivity index (χ2v) is 5.22. The van der Waals surface area contributed by atoms with Gasteiger partial charge in [-0.1, -0.05) is 25.1 Å². The van der Waals surface area contributed by atoms with Crippen molar-refractivity contribution in [2.24, 2.45) is 0 Å². The van der Waals surface area contributed by atoms with Crippen molar-refractivity contribution in [2.75, 3.05) is 33.2 Å². The van der Waals surface area contributed by atoms with Crippen LogP contribution in [0.1, 0.15) is 12.5 Å². The molecule has 0 spiro atoms. The number of hydrogen-bond acceptors (Lipinski definition) is 3. The Kier molecular flexibility index (Phi) is 5.09. The highest BCUT2D eigenvalue weighted by molar-refractivity contribution is 5.78. The number of rotatable bonds is 6. The Morgan fingerprint density at radius 3 is 2.65 bits per heavy atom. The van der Waals surface area contributed by atoms with E-state index < -0.39 is 0 Å². The molecule has 0 aromatic heterocycles. The van der Waals surface area contributed by atoms with E-state index in [1.807, 2.05) is 0 Å². The summed E-state index contributed by atoms with van der Waals surface area (Å²) >= 11 is 0. The molecule has 0 radical (unpaired) electrons. The Balaban J connectivity index is 1.89. The van der Waals surface area contributed by atoms with Gasteiger partial charge in [-0.25, -0.2) is 4.39 Å². The minimum absolute atomic E-state index is 0.0296. The van der Waals surface area contributed by atoms with Gasteiger partial charge < -0.3 is 10.2 Å². The molecule has 1 aliphatic rings. The molecule has 1 aromatic rings. The summed E-state index contributed by atoms with van der Waals surface area (Å²) in [5.41, 5.74) is 0.553. The first kappa shape index (κ1) is 14.9. The molecule has 2 rings (SSSR count). The van der Waals surface area contributed by atoms with Crippen LogP contribution < -0.4 is 5.32 Å². The standard InChI is InChI=1S/C15H22FN3O/c1-3-19(13-8-17-9-13)11-15(20)18(2)10-12-6-4-5-7-14(12)16/h4-7,13,17H,3,8-11H2,1-2H3. The lowest BCUT2D eigenvalue weighted by molar-refractivity contribution is -0.132. The van der Waals surface area contributed by atoms with Gasteiger partial charge in [-0.3, -0.25) is 9.69 Å². The lowest BCUT2D eigenvalue weighted by Gasteiger charge is -2.37. The number of hydrogen-bond donors (Lipinski definition) is 1. The maximum atomic E-state index is 13.6. The number of amides is 1. The SMILES string of the molecule is CCN(CC(=O)N(C)Cc1ccccc1F)C1CNC1. The van der Waals surface area contributed by atoms with Crippen molar-refractivity contribution in [3.8, 4) is 0 Å². The molecular formula is C15H22FN3O. The quantitative estimate of drug-likeness (QED) is 0.846. The molecule has 1 aromatic carbocycles. The summed E-state index contributed by atoms with van der Waals surface area (Å²) in [6, 6.07) is 7.03. The van der Waals surface area contributed by atoms with Crippen LogP contribution in [0.15, 0.2) is 24.3 Å². The van der Waals surface area contributed by atoms with Gasteiger partial charge in [-0.2, -0.15) is 0 Å². The normalized spacial score (nSPS) is 15.2. The molecule has 1 heterocycles. The average molecular weight is 279 g/mol. The van der Waals surface area contributed by atoms with Crippen LogP contribution in [0, 0.1) is 5.82 Å². The zero-order valence-electron chi connectivity index (χ0n) is 12.1. The van der Waals surface area contributed by atoms with Gasteiger partial charge in [-0.15, -0.1) is 0 Å². The summed E-state index contributed by atoms with van der Waals surface area (Å²) in [6.07, 6.45) is 0. The highest BCUT2D eigenvalue weighted by atomic mass is 19.1. The van der Waals surface area contributed by atoms with Gasteiger partial charge in [0.15, 0.2) is 0 Å². The second-order valence-electron chi connectivity index (χ2n) is 5.22. The van der Waals surface area contributed by atoms with Crippen molar-refractivity contribution in [1.29, 1.82) is 0 Å². The van der Waals surface area contributed by atoms with Crippen molar-refractivity contribution >= 4 is 5.91 Å². The maximum absolute atomic E-state index is 13.6. The topological polar surface area (TPSA) is 35.6 Å². The largest absolute Gasteiger partial charge is 0.340 e. The fourth-order valence-corrected chi connectivity index (χ4v) is 2.30. The Morgan fingerprint density at radius 1 is 1.40 bits per heavy atom. The van der Waals surface area contributed by atoms with Crippen molar-refractivity contribution in [3.63, 3.8) is 0 Å². The lowest BCUT2D eigenvalue weighted by Crippen LogP contribution is -2.58. The molecule has 4 nitrogen and oxygen atoms in total. The molecule has 1 aliphatic heterocycles. The van der Waals surface area contributed by atoms with Crippen LogP contribution in [-0.4, -0.2) is 55.0 Å². The monoisotopic (exact) mass is 279 g/mol. The Bertz CT molecular complexity index is 462. The summed E-state index contributed by atoms with van der Waals surface area (Å²) in [4.78, 5) is 16.0. The number of likely N-dealkylation sites (N-methyl/N-ethyl adjacent to an activating group) is 2. The van der Waals surface area contributed by atoms with Crippen LogP contribution >= 0.6 is 0 Å². The van der Waals surface area contributed by atoms with Gasteiger partial charge in [0.25, 0.3) is 0 Å². The van der Waals surface area contributed by atoms with Crippen LogP contribution in [0.25, 0.3) is 0 Å². The van der Waals surface area contributed by atoms with Crippen molar-refractivity contribution < 1.29 is 9.18 Å². The van der Waals surface area contributed by atoms with Crippen LogP contribution in [0.5, 0.6) is 0 Å². The first-order valence-corrected chi connectivity index (χ1v) is 7.04. The van der Waals surface area contributed by atoms with E-state index in [1.54, 1.807) is 30.1 Å². The zero-order chi connectivity index (χ0) is 14.5. The molecular weight excluding hydrogens is 257 g/mol. The highest BCUT2D eigenvalue weighted by Gasteiger charge is 2.25. The van der Waals surface area contributed by atoms with Crippen LogP contribution in [0.3, 0.4) is 0 Å². The first-order chi connectivity index (χ1) is 9.61. The van der Waals surface area contributed by atoms with Crippen LogP contribution in [0.4, 0.5) is 4.39 Å². The lowest BCUT2D eigenvalue weighted by atomic mass is 10.1. The summed E-state index contributed by atoms with van der Waals surface area (Å²) in [6.45, 7) is 5.50. The molecule has 0 bridgehead atoms. The molecule has 20 heavy (non-hydrogen) atoms. The van der Waals surface area contributed by atoms with E-state index in [-0.39, 0.29) is 11.7 Å². The molecule has 1 amide bonds. The summed E-state index contributed by atoms with van der Waals surface area (Å²) in [5, 5.41) is 3.21. The molecule has 0 unspecified atom stereocenters. The van der Waals surface area contributed by atoms with Crippen LogP contribution in [-0.2, 0) is 11.3 Å². The zero-order valence-corrected chi connectivity index (χ0v) is 12.1. The van der Waals surface area contributed by atoms with E-state index in [0.29, 0.717) is 24.7 Å². The van der Waals surface area contributed by atoms with Crippen molar-refractivity contribution in [1.82, 2.24) is 15.1 Å². The van der Waals surface area contributed by atoms with E-state index >= 15 is 0 Å². The molecule has 0 atom stereocenters. The van der Waals surface area contributed by atoms with E-state index in [0.717, 1.165) is 19.6 Å². The van der Waals surface area contributed by atoms with Gasteiger partial charge in [0.2, 0.25) is 5.91 Å². The van der Waals surface area contributed by atoms with E-state index in [9.17, 15) is 9.18 Å². The van der Waals surface area contributed by atoms with Crippen molar-refractivity contribution in [2.45, 2.75) is 19.5 Å². The number of benzene rings is 1. The highest BCUT2D eigenvalue weighted by Crippen LogP contribution is 2.10. The molecule has 0 aliphatic carbocycles. The fourth-order valence-electron chi connectivity index (χ4n) is 2.30. The Hall–Kier alpha value is -1.46. The number of halogens is 1. The maximum Gasteiger partial charge on any atom is 0.236 e. The molecule has 1 N–H and O–H groups in total. The third-order valence-electron chi connectivity index (χ3n) is 3.81. The third-order valence-corrected chi connectivity index (χ3v) is 3.81. The number of carbonyl (C=O) groups is 1. The number of carbonyl (C=O) groups excluding carboxylic acids is 1. The Labute approximate surface area is 119 Å². The summed E-state index contributed by atoms with van der Waals surface area (Å²) in [5.74, 6) is -0.232. The van der Waals surface area contributed by atoms with Crippen LogP contribution in [0.2, 0.25) is 0 Å². The first-order valence-electron chi connectivity index (χ1n) is 7.04. The molecule has 5 heteroatoms. The summed E-state index contributed by atoms with van der Waals surface area (Å²) in [7, 11) is 1.72. The van der Waals surface area contributed by atoms with Crippen molar-refractivity contribution in [3.05, 3.63) is 35.6 Å². The number of nitrogens with zero attached hydrogens (tertiary/aromatic N) is 2. The van der Waals surface area contributed by atoms with Gasteiger partial charge in [0.05, 0.1) is 6.54 Å². The van der Waals surface area contributed by atoms with Gasteiger partial charge in [0.1, 0.15) is 5.82 Å². The minimum Gasteiger partial charge on any atom is -0.340 e. The second kappa shape index (κ2) is 6.81. The predicted molar refractivity (Wildman–Crippen MR) is 76.8 cm³/mol.